The summed E-state index contributed by atoms with van der Waals surface area (Å²) in [5.74, 6) is 1.07. The lowest BCUT2D eigenvalue weighted by Gasteiger charge is -2.30. The molecule has 1 aliphatic rings. The Morgan fingerprint density at radius 2 is 2.19 bits per heavy atom. The number of hydrogen-bond acceptors (Lipinski definition) is 3. The van der Waals surface area contributed by atoms with Crippen molar-refractivity contribution in [2.24, 2.45) is 0 Å². The molecule has 2 N–H and O–H groups in total. The number of benzene rings is 1. The molecule has 4 heteroatoms. The molecule has 2 atom stereocenters. The Morgan fingerprint density at radius 3 is 2.76 bits per heavy atom. The molecule has 0 saturated heterocycles. The summed E-state index contributed by atoms with van der Waals surface area (Å²) >= 11 is 0. The number of hydrogen-bond donors (Lipinski definition) is 2. The minimum atomic E-state index is -0.534. The van der Waals surface area contributed by atoms with E-state index in [0.29, 0.717) is 18.9 Å². The van der Waals surface area contributed by atoms with Crippen molar-refractivity contribution >= 4 is 5.91 Å². The monoisotopic (exact) mass is 291 g/mol. The van der Waals surface area contributed by atoms with Gasteiger partial charge >= 0.3 is 0 Å². The number of carbonyl (C=O) groups excluding carboxylic acids is 1. The second-order valence-electron chi connectivity index (χ2n) is 6.00. The first-order chi connectivity index (χ1) is 9.93. The Hall–Kier alpha value is -1.55. The number of carbonyl (C=O) groups is 1. The van der Waals surface area contributed by atoms with Crippen LogP contribution < -0.4 is 10.1 Å². The van der Waals surface area contributed by atoms with Gasteiger partial charge in [0.1, 0.15) is 5.75 Å². The smallest absolute Gasteiger partial charge is 0.217 e. The highest BCUT2D eigenvalue weighted by Gasteiger charge is 2.27. The maximum Gasteiger partial charge on any atom is 0.217 e. The van der Waals surface area contributed by atoms with E-state index in [2.05, 4.69) is 25.2 Å². The van der Waals surface area contributed by atoms with Gasteiger partial charge in [0, 0.05) is 24.5 Å². The van der Waals surface area contributed by atoms with Gasteiger partial charge in [0.2, 0.25) is 5.91 Å². The first kappa shape index (κ1) is 15.8. The molecule has 2 rings (SSSR count). The molecule has 1 aromatic carbocycles. The normalized spacial score (nSPS) is 18.9. The first-order valence-corrected chi connectivity index (χ1v) is 7.69. The van der Waals surface area contributed by atoms with Crippen molar-refractivity contribution in [2.45, 2.75) is 58.6 Å². The van der Waals surface area contributed by atoms with E-state index in [0.717, 1.165) is 28.9 Å². The van der Waals surface area contributed by atoms with E-state index in [4.69, 9.17) is 4.74 Å². The average Bonchev–Trinajstić information content (AvgIpc) is 2.45. The summed E-state index contributed by atoms with van der Waals surface area (Å²) in [5, 5.41) is 13.3. The van der Waals surface area contributed by atoms with E-state index in [9.17, 15) is 9.90 Å². The number of nitrogens with one attached hydrogen (secondary N) is 1. The second kappa shape index (κ2) is 6.48. The minimum Gasteiger partial charge on any atom is -0.493 e. The van der Waals surface area contributed by atoms with Gasteiger partial charge in [-0.3, -0.25) is 4.79 Å². The summed E-state index contributed by atoms with van der Waals surface area (Å²) in [6, 6.07) is 4.10. The summed E-state index contributed by atoms with van der Waals surface area (Å²) in [5.41, 5.74) is 3.00. The third-order valence-electron chi connectivity index (χ3n) is 3.99. The quantitative estimate of drug-likeness (QED) is 0.895. The van der Waals surface area contributed by atoms with Crippen LogP contribution in [0.15, 0.2) is 12.1 Å². The molecule has 0 spiro atoms. The van der Waals surface area contributed by atoms with E-state index in [1.54, 1.807) is 0 Å². The first-order valence-electron chi connectivity index (χ1n) is 7.69. The fourth-order valence-electron chi connectivity index (χ4n) is 2.75. The van der Waals surface area contributed by atoms with Crippen molar-refractivity contribution in [2.75, 3.05) is 6.61 Å². The third-order valence-corrected chi connectivity index (χ3v) is 3.99. The SMILES string of the molecule is CCC(O)c1cc(C(C)C)cc2c1OCCC2NC(C)=O. The van der Waals surface area contributed by atoms with Crippen LogP contribution in [0, 0.1) is 0 Å². The van der Waals surface area contributed by atoms with Crippen molar-refractivity contribution in [3.05, 3.63) is 28.8 Å². The fraction of sp³-hybridized carbons (Fsp3) is 0.588. The van der Waals surface area contributed by atoms with Crippen molar-refractivity contribution < 1.29 is 14.6 Å². The van der Waals surface area contributed by atoms with E-state index in [1.165, 1.54) is 6.92 Å². The standard InChI is InChI=1S/C17H25NO3/c1-5-16(20)14-9-12(10(2)3)8-13-15(18-11(4)19)6-7-21-17(13)14/h8-10,15-16,20H,5-7H2,1-4H3,(H,18,19). The fourth-order valence-corrected chi connectivity index (χ4v) is 2.75. The molecule has 4 nitrogen and oxygen atoms in total. The highest BCUT2D eigenvalue weighted by molar-refractivity contribution is 5.73. The Labute approximate surface area is 126 Å². The Morgan fingerprint density at radius 1 is 1.48 bits per heavy atom. The van der Waals surface area contributed by atoms with Crippen LogP contribution in [-0.2, 0) is 4.79 Å². The number of aliphatic hydroxyl groups excluding tert-OH is 1. The number of aliphatic hydroxyl groups is 1. The summed E-state index contributed by atoms with van der Waals surface area (Å²) in [4.78, 5) is 11.4. The molecule has 2 unspecified atom stereocenters. The zero-order valence-electron chi connectivity index (χ0n) is 13.3. The second-order valence-corrected chi connectivity index (χ2v) is 6.00. The summed E-state index contributed by atoms with van der Waals surface area (Å²) in [6.07, 6.45) is 0.867. The molecule has 0 radical (unpaired) electrons. The Bertz CT molecular complexity index is 525. The molecule has 0 bridgehead atoms. The van der Waals surface area contributed by atoms with E-state index in [1.807, 2.05) is 13.0 Å². The molecule has 21 heavy (non-hydrogen) atoms. The van der Waals surface area contributed by atoms with Gasteiger partial charge in [0.05, 0.1) is 18.8 Å². The van der Waals surface area contributed by atoms with Crippen LogP contribution in [-0.4, -0.2) is 17.6 Å². The lowest BCUT2D eigenvalue weighted by Crippen LogP contribution is -2.31. The van der Waals surface area contributed by atoms with Gasteiger partial charge in [0.15, 0.2) is 0 Å². The molecule has 1 aromatic rings. The minimum absolute atomic E-state index is 0.0345. The predicted molar refractivity (Wildman–Crippen MR) is 82.5 cm³/mol. The summed E-state index contributed by atoms with van der Waals surface area (Å²) in [6.45, 7) is 8.29. The molecular weight excluding hydrogens is 266 g/mol. The molecule has 0 saturated carbocycles. The molecule has 0 aromatic heterocycles. The van der Waals surface area contributed by atoms with Gasteiger partial charge < -0.3 is 15.2 Å². The number of fused-ring (bicyclic) bond motifs is 1. The third kappa shape index (κ3) is 3.38. The number of rotatable bonds is 4. The lowest BCUT2D eigenvalue weighted by atomic mass is 9.89. The predicted octanol–water partition coefficient (Wildman–Crippen LogP) is 3.21. The maximum atomic E-state index is 11.4. The Balaban J connectivity index is 2.53. The van der Waals surface area contributed by atoms with Crippen LogP contribution in [0.5, 0.6) is 5.75 Å². The zero-order chi connectivity index (χ0) is 15.6. The highest BCUT2D eigenvalue weighted by atomic mass is 16.5. The van der Waals surface area contributed by atoms with Crippen LogP contribution in [0.2, 0.25) is 0 Å². The number of ether oxygens (including phenoxy) is 1. The van der Waals surface area contributed by atoms with Crippen molar-refractivity contribution in [1.82, 2.24) is 5.32 Å². The van der Waals surface area contributed by atoms with Crippen LogP contribution in [0.4, 0.5) is 0 Å². The Kier molecular flexibility index (Phi) is 4.88. The van der Waals surface area contributed by atoms with Gasteiger partial charge in [-0.05, 0) is 30.0 Å². The molecule has 1 heterocycles. The molecule has 1 aliphatic heterocycles. The largest absolute Gasteiger partial charge is 0.493 e. The van der Waals surface area contributed by atoms with Gasteiger partial charge in [-0.1, -0.05) is 20.8 Å². The van der Waals surface area contributed by atoms with E-state index < -0.39 is 6.10 Å². The molecule has 116 valence electrons. The van der Waals surface area contributed by atoms with Gasteiger partial charge in [-0.25, -0.2) is 0 Å². The van der Waals surface area contributed by atoms with Crippen molar-refractivity contribution in [3.8, 4) is 5.75 Å². The average molecular weight is 291 g/mol. The van der Waals surface area contributed by atoms with Crippen LogP contribution >= 0.6 is 0 Å². The van der Waals surface area contributed by atoms with Crippen LogP contribution in [0.25, 0.3) is 0 Å². The maximum absolute atomic E-state index is 11.4. The van der Waals surface area contributed by atoms with Crippen LogP contribution in [0.1, 0.15) is 75.3 Å². The highest BCUT2D eigenvalue weighted by Crippen LogP contribution is 2.40. The number of amides is 1. The van der Waals surface area contributed by atoms with Gasteiger partial charge in [0.25, 0.3) is 0 Å². The van der Waals surface area contributed by atoms with Gasteiger partial charge in [-0.2, -0.15) is 0 Å². The summed E-state index contributed by atoms with van der Waals surface area (Å²) in [7, 11) is 0. The molecule has 1 amide bonds. The summed E-state index contributed by atoms with van der Waals surface area (Å²) < 4.78 is 5.81. The van der Waals surface area contributed by atoms with Crippen LogP contribution in [0.3, 0.4) is 0 Å². The molecular formula is C17H25NO3. The topological polar surface area (TPSA) is 58.6 Å². The van der Waals surface area contributed by atoms with E-state index >= 15 is 0 Å². The molecule has 0 fully saturated rings. The van der Waals surface area contributed by atoms with Crippen molar-refractivity contribution in [3.63, 3.8) is 0 Å². The lowest BCUT2D eigenvalue weighted by molar-refractivity contribution is -0.119. The zero-order valence-corrected chi connectivity index (χ0v) is 13.3. The molecule has 0 aliphatic carbocycles. The van der Waals surface area contributed by atoms with Crippen molar-refractivity contribution in [1.29, 1.82) is 0 Å². The van der Waals surface area contributed by atoms with E-state index in [-0.39, 0.29) is 11.9 Å². The van der Waals surface area contributed by atoms with Gasteiger partial charge in [-0.15, -0.1) is 0 Å².